The van der Waals surface area contributed by atoms with E-state index >= 15 is 0 Å². The number of fused-ring (bicyclic) bond motifs is 2. The van der Waals surface area contributed by atoms with Crippen LogP contribution in [0.25, 0.3) is 21.9 Å². The Bertz CT molecular complexity index is 2490. The molecule has 8 nitrogen and oxygen atoms in total. The van der Waals surface area contributed by atoms with Crippen LogP contribution in [0.15, 0.2) is 170 Å². The smallest absolute Gasteiger partial charge is 0.435 e. The lowest BCUT2D eigenvalue weighted by Crippen LogP contribution is -2.24. The van der Waals surface area contributed by atoms with Crippen LogP contribution in [0, 0.1) is 0 Å². The number of ether oxygens (including phenoxy) is 4. The summed E-state index contributed by atoms with van der Waals surface area (Å²) in [5.74, 6) is 0. The second kappa shape index (κ2) is 17.4. The molecule has 0 N–H and O–H groups in total. The van der Waals surface area contributed by atoms with E-state index in [9.17, 15) is 9.59 Å². The number of hydrogen-bond donors (Lipinski definition) is 0. The van der Waals surface area contributed by atoms with E-state index in [2.05, 4.69) is 137 Å². The maximum Gasteiger partial charge on any atom is 0.508 e. The Morgan fingerprint density at radius 2 is 0.862 bits per heavy atom. The zero-order valence-corrected chi connectivity index (χ0v) is 32.5. The van der Waals surface area contributed by atoms with Gasteiger partial charge in [-0.2, -0.15) is 0 Å². The van der Waals surface area contributed by atoms with Crippen LogP contribution in [0.4, 0.5) is 43.7 Å². The van der Waals surface area contributed by atoms with Crippen molar-refractivity contribution in [2.45, 2.75) is 38.9 Å². The molecule has 0 heterocycles. The normalized spacial score (nSPS) is 14.5. The molecule has 0 spiro atoms. The molecule has 2 unspecified atom stereocenters. The predicted octanol–water partition coefficient (Wildman–Crippen LogP) is 13.7. The van der Waals surface area contributed by atoms with Gasteiger partial charge in [0, 0.05) is 39.7 Å². The number of anilines is 6. The number of carbonyl (C=O) groups excluding carboxylic acids is 2. The highest BCUT2D eigenvalue weighted by atomic mass is 16.7. The van der Waals surface area contributed by atoms with E-state index < -0.39 is 24.5 Å². The van der Waals surface area contributed by atoms with E-state index in [1.54, 1.807) is 13.8 Å². The zero-order valence-electron chi connectivity index (χ0n) is 32.5. The van der Waals surface area contributed by atoms with Crippen LogP contribution in [-0.2, 0) is 18.9 Å². The van der Waals surface area contributed by atoms with Crippen LogP contribution in [0.3, 0.4) is 0 Å². The minimum absolute atomic E-state index is 0.201. The maximum absolute atomic E-state index is 12.5. The molecule has 2 atom stereocenters. The van der Waals surface area contributed by atoms with Crippen LogP contribution < -0.4 is 9.80 Å². The van der Waals surface area contributed by atoms with Gasteiger partial charge in [0.2, 0.25) is 0 Å². The number of benzene rings is 7. The van der Waals surface area contributed by atoms with Crippen molar-refractivity contribution in [2.75, 3.05) is 23.0 Å². The van der Waals surface area contributed by atoms with Gasteiger partial charge >= 0.3 is 12.3 Å². The predicted molar refractivity (Wildman–Crippen MR) is 230 cm³/mol. The summed E-state index contributed by atoms with van der Waals surface area (Å²) in [6.45, 7) is 3.88. The van der Waals surface area contributed by atoms with Gasteiger partial charge in [-0.25, -0.2) is 9.59 Å². The number of nitrogens with zero attached hydrogens (tertiary/aromatic N) is 2. The molecule has 0 saturated carbocycles. The van der Waals surface area contributed by atoms with Gasteiger partial charge in [0.25, 0.3) is 0 Å². The SMILES string of the molecule is CCOC(=O)OC1CCC(OC(=O)OCC)c2cc(N(c3ccccc3)c3ccc(-c4ccc(N(c5ccccc5)c5ccc6ccccc6c5)cc4)cc3)ccc21. The van der Waals surface area contributed by atoms with Crippen LogP contribution in [0.1, 0.15) is 50.0 Å². The second-order valence-electron chi connectivity index (χ2n) is 13.9. The molecule has 0 fully saturated rings. The number of carbonyl (C=O) groups is 2. The minimum atomic E-state index is -0.737. The molecular weight excluding hydrogens is 725 g/mol. The van der Waals surface area contributed by atoms with E-state index in [0.29, 0.717) is 12.8 Å². The van der Waals surface area contributed by atoms with Gasteiger partial charge in [0.1, 0.15) is 12.2 Å². The van der Waals surface area contributed by atoms with Crippen molar-refractivity contribution in [3.05, 3.63) is 181 Å². The highest BCUT2D eigenvalue weighted by Gasteiger charge is 2.33. The highest BCUT2D eigenvalue weighted by Crippen LogP contribution is 2.45. The molecule has 7 aromatic carbocycles. The molecule has 0 radical (unpaired) electrons. The average Bonchev–Trinajstić information content (AvgIpc) is 3.26. The fourth-order valence-corrected chi connectivity index (χ4v) is 7.64. The second-order valence-corrected chi connectivity index (χ2v) is 13.9. The number of hydrogen-bond acceptors (Lipinski definition) is 8. The Morgan fingerprint density at radius 1 is 0.448 bits per heavy atom. The zero-order chi connectivity index (χ0) is 39.8. The van der Waals surface area contributed by atoms with Gasteiger partial charge in [-0.3, -0.25) is 0 Å². The van der Waals surface area contributed by atoms with Crippen molar-refractivity contribution in [3.63, 3.8) is 0 Å². The molecule has 290 valence electrons. The summed E-state index contributed by atoms with van der Waals surface area (Å²) in [6.07, 6.45) is -1.69. The Balaban J connectivity index is 1.11. The monoisotopic (exact) mass is 768 g/mol. The molecule has 8 rings (SSSR count). The minimum Gasteiger partial charge on any atom is -0.435 e. The summed E-state index contributed by atoms with van der Waals surface area (Å²) in [5.41, 5.74) is 9.65. The van der Waals surface area contributed by atoms with Gasteiger partial charge in [-0.15, -0.1) is 0 Å². The summed E-state index contributed by atoms with van der Waals surface area (Å²) in [6, 6.07) is 58.6. The molecule has 1 aliphatic rings. The van der Waals surface area contributed by atoms with Crippen molar-refractivity contribution in [3.8, 4) is 11.1 Å². The van der Waals surface area contributed by atoms with E-state index in [1.165, 1.54) is 10.8 Å². The molecule has 0 amide bonds. The quantitative estimate of drug-likeness (QED) is 0.120. The lowest BCUT2D eigenvalue weighted by atomic mass is 9.86. The molecule has 0 saturated heterocycles. The molecule has 0 aliphatic heterocycles. The van der Waals surface area contributed by atoms with Crippen LogP contribution in [0.5, 0.6) is 0 Å². The molecular formula is C50H44N2O6. The summed E-state index contributed by atoms with van der Waals surface area (Å²) < 4.78 is 21.8. The third kappa shape index (κ3) is 8.22. The van der Waals surface area contributed by atoms with E-state index in [0.717, 1.165) is 56.4 Å². The molecule has 0 bridgehead atoms. The van der Waals surface area contributed by atoms with Gasteiger partial charge < -0.3 is 28.7 Å². The largest absolute Gasteiger partial charge is 0.508 e. The van der Waals surface area contributed by atoms with Crippen molar-refractivity contribution >= 4 is 57.2 Å². The molecule has 1 aliphatic carbocycles. The van der Waals surface area contributed by atoms with Crippen LogP contribution in [-0.4, -0.2) is 25.5 Å². The Labute approximate surface area is 338 Å². The standard InChI is InChI=1S/C50H44N2O6/c1-3-55-49(53)57-47-31-32-48(58-50(54)56-4-2)46-34-44(29-30-45(46)47)52(40-17-9-6-10-18-40)42-26-21-37(22-27-42)36-19-24-41(25-20-36)51(39-15-7-5-8-16-39)43-28-23-35-13-11-12-14-38(35)33-43/h5-30,33-34,47-48H,3-4,31-32H2,1-2H3. The summed E-state index contributed by atoms with van der Waals surface area (Å²) in [4.78, 5) is 29.4. The van der Waals surface area contributed by atoms with Gasteiger partial charge in [0.05, 0.1) is 13.2 Å². The topological polar surface area (TPSA) is 77.5 Å². The van der Waals surface area contributed by atoms with Crippen molar-refractivity contribution in [1.82, 2.24) is 0 Å². The lowest BCUT2D eigenvalue weighted by Gasteiger charge is -2.33. The Hall–Kier alpha value is -7.06. The van der Waals surface area contributed by atoms with Gasteiger partial charge in [0.15, 0.2) is 0 Å². The first-order valence-corrected chi connectivity index (χ1v) is 19.7. The van der Waals surface area contributed by atoms with E-state index in [4.69, 9.17) is 18.9 Å². The molecule has 58 heavy (non-hydrogen) atoms. The van der Waals surface area contributed by atoms with Crippen molar-refractivity contribution < 1.29 is 28.5 Å². The third-order valence-electron chi connectivity index (χ3n) is 10.3. The highest BCUT2D eigenvalue weighted by molar-refractivity contribution is 5.89. The summed E-state index contributed by atoms with van der Waals surface area (Å²) in [5, 5.41) is 2.40. The summed E-state index contributed by atoms with van der Waals surface area (Å²) in [7, 11) is 0. The fraction of sp³-hybridized carbons (Fsp3) is 0.160. The Morgan fingerprint density at radius 3 is 1.38 bits per heavy atom. The maximum atomic E-state index is 12.5. The van der Waals surface area contributed by atoms with Crippen molar-refractivity contribution in [2.24, 2.45) is 0 Å². The van der Waals surface area contributed by atoms with E-state index in [1.807, 2.05) is 42.5 Å². The number of rotatable bonds is 11. The number of para-hydroxylation sites is 2. The lowest BCUT2D eigenvalue weighted by molar-refractivity contribution is -0.00874. The van der Waals surface area contributed by atoms with Gasteiger partial charge in [-0.1, -0.05) is 97.1 Å². The van der Waals surface area contributed by atoms with Gasteiger partial charge in [-0.05, 0) is 127 Å². The first-order valence-electron chi connectivity index (χ1n) is 19.7. The first-order chi connectivity index (χ1) is 28.5. The summed E-state index contributed by atoms with van der Waals surface area (Å²) >= 11 is 0. The van der Waals surface area contributed by atoms with E-state index in [-0.39, 0.29) is 13.2 Å². The van der Waals surface area contributed by atoms with Crippen LogP contribution >= 0.6 is 0 Å². The average molecular weight is 769 g/mol. The van der Waals surface area contributed by atoms with Crippen molar-refractivity contribution in [1.29, 1.82) is 0 Å². The van der Waals surface area contributed by atoms with Crippen LogP contribution in [0.2, 0.25) is 0 Å². The molecule has 8 heteroatoms. The Kier molecular flexibility index (Phi) is 11.3. The molecule has 0 aromatic heterocycles. The molecule has 7 aromatic rings. The first kappa shape index (κ1) is 37.8. The fourth-order valence-electron chi connectivity index (χ4n) is 7.64. The third-order valence-corrected chi connectivity index (χ3v) is 10.3.